The van der Waals surface area contributed by atoms with Crippen LogP contribution in [-0.2, 0) is 0 Å². The Kier molecular flexibility index (Phi) is 10.2. The normalized spacial score (nSPS) is 16.8. The number of aliphatic hydroxyl groups excluding tert-OH is 2. The van der Waals surface area contributed by atoms with Crippen LogP contribution in [0.25, 0.3) is 0 Å². The zero-order valence-corrected chi connectivity index (χ0v) is 11.8. The minimum absolute atomic E-state index is 0.270. The van der Waals surface area contributed by atoms with E-state index in [1.165, 1.54) is 38.5 Å². The monoisotopic (exact) mass is 265 g/mol. The molecule has 0 spiro atoms. The second-order valence-corrected chi connectivity index (χ2v) is 5.37. The number of hydrogen-bond acceptors (Lipinski definition) is 3. The van der Waals surface area contributed by atoms with E-state index in [9.17, 15) is 5.11 Å². The van der Waals surface area contributed by atoms with Gasteiger partial charge in [-0.3, -0.25) is 0 Å². The number of rotatable bonds is 11. The van der Waals surface area contributed by atoms with Crippen molar-refractivity contribution in [1.82, 2.24) is 0 Å². The Morgan fingerprint density at radius 2 is 1.53 bits per heavy atom. The summed E-state index contributed by atoms with van der Waals surface area (Å²) in [7, 11) is 0. The van der Waals surface area contributed by atoms with Crippen LogP contribution in [-0.4, -0.2) is 27.9 Å². The molecule has 0 amide bonds. The molecule has 0 aromatic heterocycles. The summed E-state index contributed by atoms with van der Waals surface area (Å²) in [5.41, 5.74) is 3.58. The molecule has 3 nitrogen and oxygen atoms in total. The van der Waals surface area contributed by atoms with Crippen molar-refractivity contribution in [3.8, 4) is 0 Å². The molecule has 0 fully saturated rings. The van der Waals surface area contributed by atoms with Crippen molar-refractivity contribution in [2.75, 3.05) is 6.61 Å². The summed E-state index contributed by atoms with van der Waals surface area (Å²) in [5, 5.41) is 18.3. The number of alkyl halides is 1. The van der Waals surface area contributed by atoms with Gasteiger partial charge in [-0.15, -0.1) is 0 Å². The Labute approximate surface area is 110 Å². The maximum absolute atomic E-state index is 9.25. The van der Waals surface area contributed by atoms with E-state index in [-0.39, 0.29) is 6.61 Å². The lowest BCUT2D eigenvalue weighted by atomic mass is 9.94. The van der Waals surface area contributed by atoms with Crippen LogP contribution in [0.5, 0.6) is 0 Å². The van der Waals surface area contributed by atoms with E-state index in [0.717, 1.165) is 12.8 Å². The van der Waals surface area contributed by atoms with Gasteiger partial charge >= 0.3 is 0 Å². The Morgan fingerprint density at radius 1 is 1.06 bits per heavy atom. The molecule has 2 unspecified atom stereocenters. The summed E-state index contributed by atoms with van der Waals surface area (Å²) >= 11 is 5.55. The minimum atomic E-state index is -1.17. The van der Waals surface area contributed by atoms with Crippen LogP contribution in [0.4, 0.5) is 0 Å². The van der Waals surface area contributed by atoms with Gasteiger partial charge in [-0.2, -0.15) is 0 Å². The van der Waals surface area contributed by atoms with Gasteiger partial charge in [0.2, 0.25) is 0 Å². The van der Waals surface area contributed by atoms with E-state index < -0.39 is 11.1 Å². The quantitative estimate of drug-likeness (QED) is 0.398. The van der Waals surface area contributed by atoms with Crippen LogP contribution in [0.3, 0.4) is 0 Å². The highest BCUT2D eigenvalue weighted by Crippen LogP contribution is 2.19. The molecule has 2 atom stereocenters. The molecule has 17 heavy (non-hydrogen) atoms. The van der Waals surface area contributed by atoms with Gasteiger partial charge < -0.3 is 15.9 Å². The summed E-state index contributed by atoms with van der Waals surface area (Å²) in [6.45, 7) is 1.95. The second kappa shape index (κ2) is 10.1. The molecule has 0 aliphatic rings. The number of unbranched alkanes of at least 4 members (excludes halogenated alkanes) is 7. The van der Waals surface area contributed by atoms with Crippen LogP contribution in [0.1, 0.15) is 64.7 Å². The third-order valence-electron chi connectivity index (χ3n) is 3.26. The molecule has 0 aliphatic carbocycles. The van der Waals surface area contributed by atoms with Crippen LogP contribution in [0, 0.1) is 0 Å². The average molecular weight is 266 g/mol. The van der Waals surface area contributed by atoms with Crippen molar-refractivity contribution in [2.24, 2.45) is 5.73 Å². The molecule has 4 heteroatoms. The van der Waals surface area contributed by atoms with E-state index >= 15 is 0 Å². The fourth-order valence-electron chi connectivity index (χ4n) is 1.86. The predicted octanol–water partition coefficient (Wildman–Crippen LogP) is 2.76. The second-order valence-electron chi connectivity index (χ2n) is 4.95. The first kappa shape index (κ1) is 17.2. The van der Waals surface area contributed by atoms with Crippen molar-refractivity contribution in [3.63, 3.8) is 0 Å². The van der Waals surface area contributed by atoms with Crippen molar-refractivity contribution in [2.45, 2.75) is 75.8 Å². The van der Waals surface area contributed by atoms with E-state index in [0.29, 0.717) is 6.42 Å². The molecular weight excluding hydrogens is 238 g/mol. The largest absolute Gasteiger partial charge is 0.394 e. The maximum Gasteiger partial charge on any atom is 0.148 e. The van der Waals surface area contributed by atoms with Gasteiger partial charge in [-0.25, -0.2) is 0 Å². The molecule has 104 valence electrons. The van der Waals surface area contributed by atoms with E-state index in [4.69, 9.17) is 22.4 Å². The summed E-state index contributed by atoms with van der Waals surface area (Å²) in [6, 6.07) is 0. The summed E-state index contributed by atoms with van der Waals surface area (Å²) in [4.78, 5) is 0. The first-order chi connectivity index (χ1) is 8.06. The summed E-state index contributed by atoms with van der Waals surface area (Å²) in [5.74, 6) is 0. The van der Waals surface area contributed by atoms with Crippen molar-refractivity contribution < 1.29 is 10.2 Å². The first-order valence-corrected chi connectivity index (χ1v) is 7.22. The molecule has 0 aromatic carbocycles. The highest BCUT2D eigenvalue weighted by Gasteiger charge is 2.30. The molecule has 0 aromatic rings. The number of halogens is 1. The van der Waals surface area contributed by atoms with E-state index in [1.54, 1.807) is 0 Å². The predicted molar refractivity (Wildman–Crippen MR) is 73.1 cm³/mol. The van der Waals surface area contributed by atoms with Gasteiger partial charge in [0.05, 0.1) is 12.1 Å². The average Bonchev–Trinajstić information content (AvgIpc) is 2.32. The standard InChI is InChI=1S/C13H28ClNO2/c1-2-3-4-5-6-7-8-9-10-13(15,11-16)12(14)17/h12,16-17H,2-11,15H2,1H3. The molecule has 0 saturated carbocycles. The number of hydrogen-bond donors (Lipinski definition) is 3. The molecule has 0 saturated heterocycles. The molecule has 0 radical (unpaired) electrons. The van der Waals surface area contributed by atoms with E-state index in [2.05, 4.69) is 6.92 Å². The first-order valence-electron chi connectivity index (χ1n) is 6.78. The van der Waals surface area contributed by atoms with Crippen LogP contribution in [0.2, 0.25) is 0 Å². The Hall–Kier alpha value is 0.170. The highest BCUT2D eigenvalue weighted by molar-refractivity contribution is 6.20. The lowest BCUT2D eigenvalue weighted by molar-refractivity contribution is 0.0864. The Bertz CT molecular complexity index is 179. The van der Waals surface area contributed by atoms with Crippen molar-refractivity contribution in [1.29, 1.82) is 0 Å². The van der Waals surface area contributed by atoms with Gasteiger partial charge in [-0.1, -0.05) is 69.9 Å². The Morgan fingerprint density at radius 3 is 1.94 bits per heavy atom. The van der Waals surface area contributed by atoms with Crippen LogP contribution in [0.15, 0.2) is 0 Å². The zero-order chi connectivity index (χ0) is 13.1. The number of aliphatic hydroxyl groups is 2. The molecular formula is C13H28ClNO2. The molecule has 0 bridgehead atoms. The Balaban J connectivity index is 3.44. The van der Waals surface area contributed by atoms with Crippen molar-refractivity contribution >= 4 is 11.6 Å². The van der Waals surface area contributed by atoms with E-state index in [1.807, 2.05) is 0 Å². The third kappa shape index (κ3) is 7.98. The van der Waals surface area contributed by atoms with Gasteiger partial charge in [-0.05, 0) is 6.42 Å². The SMILES string of the molecule is CCCCCCCCCCC(N)(CO)C(O)Cl. The summed E-state index contributed by atoms with van der Waals surface area (Å²) < 4.78 is 0. The van der Waals surface area contributed by atoms with Crippen LogP contribution >= 0.6 is 11.6 Å². The lowest BCUT2D eigenvalue weighted by Gasteiger charge is -2.28. The molecule has 0 heterocycles. The fraction of sp³-hybridized carbons (Fsp3) is 1.00. The summed E-state index contributed by atoms with van der Waals surface area (Å²) in [6.07, 6.45) is 10.3. The smallest absolute Gasteiger partial charge is 0.148 e. The van der Waals surface area contributed by atoms with Gasteiger partial charge in [0.15, 0.2) is 0 Å². The minimum Gasteiger partial charge on any atom is -0.394 e. The molecule has 0 aliphatic heterocycles. The third-order valence-corrected chi connectivity index (χ3v) is 3.70. The lowest BCUT2D eigenvalue weighted by Crippen LogP contribution is -2.51. The zero-order valence-electron chi connectivity index (χ0n) is 11.0. The fourth-order valence-corrected chi connectivity index (χ4v) is 2.04. The van der Waals surface area contributed by atoms with Gasteiger partial charge in [0.25, 0.3) is 0 Å². The van der Waals surface area contributed by atoms with Crippen LogP contribution < -0.4 is 5.73 Å². The van der Waals surface area contributed by atoms with Gasteiger partial charge in [0.1, 0.15) is 5.56 Å². The maximum atomic E-state index is 9.25. The molecule has 4 N–H and O–H groups in total. The molecule has 0 rings (SSSR count). The topological polar surface area (TPSA) is 66.5 Å². The number of nitrogens with two attached hydrogens (primary N) is 1. The highest BCUT2D eigenvalue weighted by atomic mass is 35.5. The van der Waals surface area contributed by atoms with Gasteiger partial charge in [0, 0.05) is 0 Å². The van der Waals surface area contributed by atoms with Crippen molar-refractivity contribution in [3.05, 3.63) is 0 Å².